The van der Waals surface area contributed by atoms with E-state index in [1.165, 1.54) is 11.1 Å². The summed E-state index contributed by atoms with van der Waals surface area (Å²) in [6, 6.07) is 0.996. The molecule has 2 saturated heterocycles. The Bertz CT molecular complexity index is 559. The first kappa shape index (κ1) is 17.0. The third kappa shape index (κ3) is 3.20. The predicted molar refractivity (Wildman–Crippen MR) is 78.0 cm³/mol. The van der Waals surface area contributed by atoms with Crippen LogP contribution in [-0.2, 0) is 11.0 Å². The van der Waals surface area contributed by atoms with Gasteiger partial charge in [-0.3, -0.25) is 9.78 Å². The van der Waals surface area contributed by atoms with E-state index in [4.69, 9.17) is 0 Å². The van der Waals surface area contributed by atoms with Gasteiger partial charge in [0, 0.05) is 25.7 Å². The third-order valence-corrected chi connectivity index (χ3v) is 4.39. The molecule has 3 heterocycles. The normalized spacial score (nSPS) is 25.4. The first-order valence-electron chi connectivity index (χ1n) is 6.93. The highest BCUT2D eigenvalue weighted by Crippen LogP contribution is 2.39. The van der Waals surface area contributed by atoms with Gasteiger partial charge in [-0.25, -0.2) is 0 Å². The highest BCUT2D eigenvalue weighted by Gasteiger charge is 2.41. The fourth-order valence-corrected chi connectivity index (χ4v) is 3.14. The first-order valence-corrected chi connectivity index (χ1v) is 6.93. The highest BCUT2D eigenvalue weighted by atomic mass is 35.5. The van der Waals surface area contributed by atoms with Crippen LogP contribution in [0.2, 0.25) is 0 Å². The van der Waals surface area contributed by atoms with Gasteiger partial charge in [-0.2, -0.15) is 13.2 Å². The van der Waals surface area contributed by atoms with Gasteiger partial charge < -0.3 is 10.2 Å². The van der Waals surface area contributed by atoms with Crippen molar-refractivity contribution in [3.63, 3.8) is 0 Å². The summed E-state index contributed by atoms with van der Waals surface area (Å²) < 4.78 is 38.2. The monoisotopic (exact) mass is 335 g/mol. The minimum absolute atomic E-state index is 0. The second-order valence-corrected chi connectivity index (χ2v) is 5.83. The molecule has 0 bridgehead atoms. The standard InChI is InChI=1S/C14H16F3N3O.ClH/c15-14(16,17)10-5-11(8-19-7-10)20-4-2-13(6-12(20)21)1-3-18-9-13;/h5,7-8,18H,1-4,6,9H2;1H. The van der Waals surface area contributed by atoms with Gasteiger partial charge in [0.2, 0.25) is 5.91 Å². The Labute approximate surface area is 132 Å². The van der Waals surface area contributed by atoms with Crippen LogP contribution in [0.4, 0.5) is 18.9 Å². The number of hydrogen-bond acceptors (Lipinski definition) is 3. The van der Waals surface area contributed by atoms with E-state index >= 15 is 0 Å². The van der Waals surface area contributed by atoms with Crippen molar-refractivity contribution in [2.45, 2.75) is 25.4 Å². The van der Waals surface area contributed by atoms with Crippen LogP contribution in [-0.4, -0.2) is 30.5 Å². The van der Waals surface area contributed by atoms with E-state index in [1.807, 2.05) is 0 Å². The van der Waals surface area contributed by atoms with Gasteiger partial charge in [-0.15, -0.1) is 12.4 Å². The average molecular weight is 336 g/mol. The number of pyridine rings is 1. The molecular weight excluding hydrogens is 319 g/mol. The molecule has 3 rings (SSSR count). The van der Waals surface area contributed by atoms with Gasteiger partial charge in [0.05, 0.1) is 17.4 Å². The number of aromatic nitrogens is 1. The summed E-state index contributed by atoms with van der Waals surface area (Å²) in [7, 11) is 0. The van der Waals surface area contributed by atoms with E-state index in [-0.39, 0.29) is 29.4 Å². The molecule has 1 spiro atoms. The topological polar surface area (TPSA) is 45.2 Å². The van der Waals surface area contributed by atoms with Crippen LogP contribution < -0.4 is 10.2 Å². The molecule has 4 nitrogen and oxygen atoms in total. The first-order chi connectivity index (χ1) is 9.90. The maximum atomic E-state index is 12.7. The molecular formula is C14H17ClF3N3O. The Hall–Kier alpha value is -1.34. The molecule has 0 aromatic carbocycles. The van der Waals surface area contributed by atoms with Crippen molar-refractivity contribution in [1.29, 1.82) is 0 Å². The number of alkyl halides is 3. The molecule has 1 aromatic heterocycles. The van der Waals surface area contributed by atoms with Crippen LogP contribution in [0.1, 0.15) is 24.8 Å². The SMILES string of the molecule is Cl.O=C1CC2(CCNC2)CCN1c1cncc(C(F)(F)F)c1. The molecule has 2 fully saturated rings. The van der Waals surface area contributed by atoms with Crippen molar-refractivity contribution in [3.05, 3.63) is 24.0 Å². The lowest BCUT2D eigenvalue weighted by atomic mass is 9.77. The lowest BCUT2D eigenvalue weighted by Gasteiger charge is -2.38. The minimum atomic E-state index is -4.45. The van der Waals surface area contributed by atoms with E-state index in [1.54, 1.807) is 0 Å². The van der Waals surface area contributed by atoms with Crippen LogP contribution in [0.15, 0.2) is 18.5 Å². The minimum Gasteiger partial charge on any atom is -0.316 e. The summed E-state index contributed by atoms with van der Waals surface area (Å²) in [4.78, 5) is 17.4. The Morgan fingerprint density at radius 1 is 1.27 bits per heavy atom. The second-order valence-electron chi connectivity index (χ2n) is 5.83. The summed E-state index contributed by atoms with van der Waals surface area (Å²) in [5.74, 6) is -0.119. The van der Waals surface area contributed by atoms with Crippen molar-refractivity contribution in [3.8, 4) is 0 Å². The van der Waals surface area contributed by atoms with Gasteiger partial charge in [-0.1, -0.05) is 0 Å². The number of halogens is 4. The van der Waals surface area contributed by atoms with E-state index in [0.717, 1.165) is 38.2 Å². The fourth-order valence-electron chi connectivity index (χ4n) is 3.14. The number of carbonyl (C=O) groups excluding carboxylic acids is 1. The summed E-state index contributed by atoms with van der Waals surface area (Å²) in [5, 5.41) is 3.26. The van der Waals surface area contributed by atoms with Crippen LogP contribution in [0.3, 0.4) is 0 Å². The molecule has 2 aliphatic heterocycles. The molecule has 1 amide bonds. The Kier molecular flexibility index (Phi) is 4.67. The molecule has 1 N–H and O–H groups in total. The second kappa shape index (κ2) is 6.04. The van der Waals surface area contributed by atoms with Crippen molar-refractivity contribution in [2.24, 2.45) is 5.41 Å². The van der Waals surface area contributed by atoms with Crippen LogP contribution in [0.25, 0.3) is 0 Å². The molecule has 1 atom stereocenters. The number of amides is 1. The number of anilines is 1. The number of nitrogens with zero attached hydrogens (tertiary/aromatic N) is 2. The lowest BCUT2D eigenvalue weighted by Crippen LogP contribution is -2.45. The number of rotatable bonds is 1. The zero-order valence-electron chi connectivity index (χ0n) is 11.8. The summed E-state index contributed by atoms with van der Waals surface area (Å²) >= 11 is 0. The highest BCUT2D eigenvalue weighted by molar-refractivity contribution is 5.94. The molecule has 0 aliphatic carbocycles. The van der Waals surface area contributed by atoms with Crippen LogP contribution in [0, 0.1) is 5.41 Å². The molecule has 122 valence electrons. The fraction of sp³-hybridized carbons (Fsp3) is 0.571. The summed E-state index contributed by atoms with van der Waals surface area (Å²) in [5.41, 5.74) is -0.603. The predicted octanol–water partition coefficient (Wildman–Crippen LogP) is 2.63. The molecule has 0 radical (unpaired) electrons. The number of piperidine rings is 1. The molecule has 22 heavy (non-hydrogen) atoms. The third-order valence-electron chi connectivity index (χ3n) is 4.39. The molecule has 1 unspecified atom stereocenters. The zero-order chi connectivity index (χ0) is 15.1. The lowest BCUT2D eigenvalue weighted by molar-refractivity contribution is -0.138. The summed E-state index contributed by atoms with van der Waals surface area (Å²) in [6.07, 6.45) is -0.206. The smallest absolute Gasteiger partial charge is 0.316 e. The number of hydrogen-bond donors (Lipinski definition) is 1. The van der Waals surface area contributed by atoms with Crippen molar-refractivity contribution in [2.75, 3.05) is 24.5 Å². The van der Waals surface area contributed by atoms with Gasteiger partial charge in [-0.05, 0) is 30.9 Å². The maximum Gasteiger partial charge on any atom is 0.417 e. The molecule has 0 saturated carbocycles. The quantitative estimate of drug-likeness (QED) is 0.858. The van der Waals surface area contributed by atoms with Gasteiger partial charge in [0.15, 0.2) is 0 Å². The Morgan fingerprint density at radius 2 is 2.05 bits per heavy atom. The van der Waals surface area contributed by atoms with E-state index in [2.05, 4.69) is 10.3 Å². The van der Waals surface area contributed by atoms with Crippen molar-refractivity contribution >= 4 is 24.0 Å². The van der Waals surface area contributed by atoms with Gasteiger partial charge in [0.25, 0.3) is 0 Å². The van der Waals surface area contributed by atoms with Gasteiger partial charge >= 0.3 is 6.18 Å². The average Bonchev–Trinajstić information content (AvgIpc) is 2.86. The number of nitrogens with one attached hydrogen (secondary N) is 1. The Balaban J connectivity index is 0.00000176. The maximum absolute atomic E-state index is 12.7. The van der Waals surface area contributed by atoms with Crippen LogP contribution in [0.5, 0.6) is 0 Å². The van der Waals surface area contributed by atoms with E-state index in [9.17, 15) is 18.0 Å². The molecule has 8 heteroatoms. The zero-order valence-corrected chi connectivity index (χ0v) is 12.6. The number of carbonyl (C=O) groups is 1. The van der Waals surface area contributed by atoms with Gasteiger partial charge in [0.1, 0.15) is 0 Å². The van der Waals surface area contributed by atoms with E-state index < -0.39 is 11.7 Å². The van der Waals surface area contributed by atoms with E-state index in [0.29, 0.717) is 13.0 Å². The summed E-state index contributed by atoms with van der Waals surface area (Å²) in [6.45, 7) is 2.16. The Morgan fingerprint density at radius 3 is 2.64 bits per heavy atom. The molecule has 1 aromatic rings. The van der Waals surface area contributed by atoms with Crippen molar-refractivity contribution in [1.82, 2.24) is 10.3 Å². The molecule has 2 aliphatic rings. The van der Waals surface area contributed by atoms with Crippen molar-refractivity contribution < 1.29 is 18.0 Å². The largest absolute Gasteiger partial charge is 0.417 e. The van der Waals surface area contributed by atoms with Crippen LogP contribution >= 0.6 is 12.4 Å².